The van der Waals surface area contributed by atoms with E-state index in [4.69, 9.17) is 14.2 Å². The van der Waals surface area contributed by atoms with Gasteiger partial charge >= 0.3 is 17.9 Å². The van der Waals surface area contributed by atoms with Gasteiger partial charge in [-0.05, 0) is 116 Å². The Balaban J connectivity index is 4.55. The molecule has 0 radical (unpaired) electrons. The number of ether oxygens (including phenoxy) is 3. The van der Waals surface area contributed by atoms with Gasteiger partial charge in [0.2, 0.25) is 0 Å². The van der Waals surface area contributed by atoms with Crippen LogP contribution in [0.5, 0.6) is 0 Å². The van der Waals surface area contributed by atoms with E-state index in [-0.39, 0.29) is 37.5 Å². The number of carbonyl (C=O) groups excluding carboxylic acids is 3. The summed E-state index contributed by atoms with van der Waals surface area (Å²) < 4.78 is 16.7. The maximum absolute atomic E-state index is 12.8. The smallest absolute Gasteiger partial charge is 0.306 e. The largest absolute Gasteiger partial charge is 0.462 e. The average Bonchev–Trinajstić information content (AvgIpc) is 3.33. The van der Waals surface area contributed by atoms with Gasteiger partial charge in [-0.15, -0.1) is 0 Å². The molecule has 0 spiro atoms. The molecule has 1 unspecified atom stereocenters. The maximum Gasteiger partial charge on any atom is 0.306 e. The highest BCUT2D eigenvalue weighted by molar-refractivity contribution is 5.71. The Labute approximate surface area is 411 Å². The minimum atomic E-state index is -0.825. The van der Waals surface area contributed by atoms with E-state index in [9.17, 15) is 14.4 Å². The zero-order chi connectivity index (χ0) is 48.6. The Hall–Kier alpha value is -4.45. The molecule has 0 aromatic heterocycles. The lowest BCUT2D eigenvalue weighted by atomic mass is 10.1. The standard InChI is InChI=1S/C61H96O6/c1-4-7-10-13-16-19-22-25-27-29-30-32-33-36-39-42-45-48-51-54-60(63)66-57-58(56-65-59(62)53-50-47-44-41-38-35-24-21-18-15-12-9-6-3)67-61(64)55-52-49-46-43-40-37-34-31-28-26-23-20-17-14-11-8-5-2/h7-8,10-12,15-17,19-21,24-28,30,32,36,39,45,48,58H,4-6,9,13-14,18,22-23,29,31,33-35,37-38,40-44,46-47,49-57H2,1-3H3/b10-7-,11-8-,15-12-,19-16-,20-17-,24-21-,27-25-,28-26-,32-30-,39-36-,48-45-. The van der Waals surface area contributed by atoms with Crippen molar-refractivity contribution < 1.29 is 28.6 Å². The molecule has 0 saturated carbocycles. The molecule has 376 valence electrons. The number of rotatable bonds is 46. The molecule has 0 aliphatic rings. The van der Waals surface area contributed by atoms with Gasteiger partial charge < -0.3 is 14.2 Å². The summed E-state index contributed by atoms with van der Waals surface area (Å²) >= 11 is 0. The van der Waals surface area contributed by atoms with E-state index < -0.39 is 6.10 Å². The van der Waals surface area contributed by atoms with Crippen molar-refractivity contribution in [3.63, 3.8) is 0 Å². The fourth-order valence-electron chi connectivity index (χ4n) is 6.70. The molecule has 0 heterocycles. The number of esters is 3. The first-order valence-electron chi connectivity index (χ1n) is 26.7. The number of carbonyl (C=O) groups is 3. The van der Waals surface area contributed by atoms with Crippen molar-refractivity contribution in [2.45, 2.75) is 219 Å². The highest BCUT2D eigenvalue weighted by Crippen LogP contribution is 2.13. The van der Waals surface area contributed by atoms with Crippen molar-refractivity contribution in [2.24, 2.45) is 0 Å². The monoisotopic (exact) mass is 925 g/mol. The average molecular weight is 925 g/mol. The normalized spacial score (nSPS) is 13.2. The van der Waals surface area contributed by atoms with Crippen molar-refractivity contribution >= 4 is 17.9 Å². The third-order valence-corrected chi connectivity index (χ3v) is 10.6. The lowest BCUT2D eigenvalue weighted by Gasteiger charge is -2.18. The lowest BCUT2D eigenvalue weighted by Crippen LogP contribution is -2.30. The first kappa shape index (κ1) is 62.5. The minimum absolute atomic E-state index is 0.118. The zero-order valence-electron chi connectivity index (χ0n) is 42.9. The van der Waals surface area contributed by atoms with Gasteiger partial charge in [0.1, 0.15) is 13.2 Å². The van der Waals surface area contributed by atoms with Crippen LogP contribution in [0.1, 0.15) is 213 Å². The van der Waals surface area contributed by atoms with Gasteiger partial charge in [-0.1, -0.05) is 212 Å². The Morgan fingerprint density at radius 2 is 0.612 bits per heavy atom. The van der Waals surface area contributed by atoms with Crippen molar-refractivity contribution in [2.75, 3.05) is 13.2 Å². The predicted molar refractivity (Wildman–Crippen MR) is 288 cm³/mol. The first-order valence-corrected chi connectivity index (χ1v) is 26.7. The molecule has 0 aliphatic carbocycles. The van der Waals surface area contributed by atoms with E-state index in [2.05, 4.69) is 142 Å². The third-order valence-electron chi connectivity index (χ3n) is 10.6. The van der Waals surface area contributed by atoms with Crippen LogP contribution in [-0.4, -0.2) is 37.2 Å². The van der Waals surface area contributed by atoms with Gasteiger partial charge in [0.15, 0.2) is 6.10 Å². The van der Waals surface area contributed by atoms with Crippen LogP contribution in [0.3, 0.4) is 0 Å². The molecule has 0 fully saturated rings. The molecule has 0 saturated heterocycles. The minimum Gasteiger partial charge on any atom is -0.462 e. The van der Waals surface area contributed by atoms with Gasteiger partial charge in [0, 0.05) is 19.3 Å². The van der Waals surface area contributed by atoms with Crippen LogP contribution in [0.2, 0.25) is 0 Å². The highest BCUT2D eigenvalue weighted by atomic mass is 16.6. The second-order valence-corrected chi connectivity index (χ2v) is 17.0. The SMILES string of the molecule is CC/C=C\C/C=C\C/C=C\C/C=C\C/C=C\C/C=C\CCC(=O)OCC(COC(=O)CCCCCCC/C=C\C/C=C\CCC)OC(=O)CCCCCCCCC/C=C\C/C=C\C/C=C\CC. The predicted octanol–water partition coefficient (Wildman–Crippen LogP) is 17.9. The van der Waals surface area contributed by atoms with E-state index >= 15 is 0 Å². The lowest BCUT2D eigenvalue weighted by molar-refractivity contribution is -0.166. The second kappa shape index (κ2) is 54.2. The number of allylic oxidation sites excluding steroid dienone is 22. The van der Waals surface area contributed by atoms with Crippen LogP contribution in [0.25, 0.3) is 0 Å². The molecule has 0 rings (SSSR count). The van der Waals surface area contributed by atoms with E-state index in [1.165, 1.54) is 25.7 Å². The summed E-state index contributed by atoms with van der Waals surface area (Å²) in [6, 6.07) is 0. The summed E-state index contributed by atoms with van der Waals surface area (Å²) in [5.74, 6) is -1.04. The number of hydrogen-bond donors (Lipinski definition) is 0. The molecule has 0 aromatic rings. The summed E-state index contributed by atoms with van der Waals surface area (Å²) in [6.45, 7) is 6.25. The van der Waals surface area contributed by atoms with Gasteiger partial charge in [-0.2, -0.15) is 0 Å². The number of hydrogen-bond acceptors (Lipinski definition) is 6. The van der Waals surface area contributed by atoms with E-state index in [1.807, 2.05) is 12.2 Å². The van der Waals surface area contributed by atoms with Crippen molar-refractivity contribution in [3.8, 4) is 0 Å². The summed E-state index contributed by atoms with van der Waals surface area (Å²) in [7, 11) is 0. The molecule has 0 N–H and O–H groups in total. The van der Waals surface area contributed by atoms with Gasteiger partial charge in [0.05, 0.1) is 0 Å². The Kier molecular flexibility index (Phi) is 50.6. The van der Waals surface area contributed by atoms with Gasteiger partial charge in [-0.25, -0.2) is 0 Å². The second-order valence-electron chi connectivity index (χ2n) is 17.0. The highest BCUT2D eigenvalue weighted by Gasteiger charge is 2.19. The molecule has 67 heavy (non-hydrogen) atoms. The molecule has 0 aliphatic heterocycles. The Bertz CT molecular complexity index is 1480. The van der Waals surface area contributed by atoms with Crippen LogP contribution < -0.4 is 0 Å². The van der Waals surface area contributed by atoms with Crippen molar-refractivity contribution in [3.05, 3.63) is 134 Å². The Morgan fingerprint density at radius 1 is 0.313 bits per heavy atom. The van der Waals surface area contributed by atoms with Crippen molar-refractivity contribution in [1.29, 1.82) is 0 Å². The topological polar surface area (TPSA) is 78.9 Å². The zero-order valence-corrected chi connectivity index (χ0v) is 42.9. The van der Waals surface area contributed by atoms with Crippen LogP contribution in [-0.2, 0) is 28.6 Å². The molecule has 1 atom stereocenters. The summed E-state index contributed by atoms with van der Waals surface area (Å²) in [6.07, 6.45) is 75.9. The van der Waals surface area contributed by atoms with E-state index in [1.54, 1.807) is 0 Å². The number of unbranched alkanes of at least 4 members (excludes halogenated alkanes) is 13. The van der Waals surface area contributed by atoms with Crippen LogP contribution in [0.15, 0.2) is 134 Å². The molecule has 0 amide bonds. The van der Waals surface area contributed by atoms with Crippen molar-refractivity contribution in [1.82, 2.24) is 0 Å². The molecule has 0 aromatic carbocycles. The Morgan fingerprint density at radius 3 is 1.00 bits per heavy atom. The molecule has 6 heteroatoms. The van der Waals surface area contributed by atoms with Crippen LogP contribution >= 0.6 is 0 Å². The first-order chi connectivity index (χ1) is 33.0. The van der Waals surface area contributed by atoms with E-state index in [0.29, 0.717) is 19.3 Å². The molecule has 0 bridgehead atoms. The molecular formula is C61H96O6. The fraction of sp³-hybridized carbons (Fsp3) is 0.590. The van der Waals surface area contributed by atoms with E-state index in [0.717, 1.165) is 141 Å². The summed E-state index contributed by atoms with van der Waals surface area (Å²) in [5.41, 5.74) is 0. The van der Waals surface area contributed by atoms with Gasteiger partial charge in [0.25, 0.3) is 0 Å². The van der Waals surface area contributed by atoms with Gasteiger partial charge in [-0.3, -0.25) is 14.4 Å². The molecule has 6 nitrogen and oxygen atoms in total. The summed E-state index contributed by atoms with van der Waals surface area (Å²) in [5, 5.41) is 0. The van der Waals surface area contributed by atoms with Crippen LogP contribution in [0, 0.1) is 0 Å². The summed E-state index contributed by atoms with van der Waals surface area (Å²) in [4.78, 5) is 38.0. The maximum atomic E-state index is 12.8. The third kappa shape index (κ3) is 52.4. The molecular weight excluding hydrogens is 829 g/mol. The fourth-order valence-corrected chi connectivity index (χ4v) is 6.70. The quantitative estimate of drug-likeness (QED) is 0.0262. The van der Waals surface area contributed by atoms with Crippen LogP contribution in [0.4, 0.5) is 0 Å².